The highest BCUT2D eigenvalue weighted by atomic mass is 16.5. The topological polar surface area (TPSA) is 46.5 Å². The van der Waals surface area contributed by atoms with E-state index in [4.69, 9.17) is 4.74 Å². The summed E-state index contributed by atoms with van der Waals surface area (Å²) in [6.07, 6.45) is 14.1. The van der Waals surface area contributed by atoms with Gasteiger partial charge in [-0.05, 0) is 55.5 Å². The van der Waals surface area contributed by atoms with Gasteiger partial charge in [0.05, 0.1) is 7.11 Å². The van der Waals surface area contributed by atoms with Gasteiger partial charge in [-0.25, -0.2) is 0 Å². The molecule has 1 fully saturated rings. The molecule has 1 N–H and O–H groups in total. The molecule has 0 aromatic heterocycles. The number of carbonyl (C=O) groups is 1. The van der Waals surface area contributed by atoms with E-state index in [2.05, 4.69) is 0 Å². The van der Waals surface area contributed by atoms with Gasteiger partial charge in [0.15, 0.2) is 17.3 Å². The number of benzene rings is 1. The molecule has 0 bridgehead atoms. The lowest BCUT2D eigenvalue weighted by Crippen LogP contribution is -1.90. The summed E-state index contributed by atoms with van der Waals surface area (Å²) in [5.74, 6) is 1.36. The predicted molar refractivity (Wildman–Crippen MR) is 78.3 cm³/mol. The van der Waals surface area contributed by atoms with Crippen LogP contribution in [0.5, 0.6) is 11.5 Å². The molecule has 3 nitrogen and oxygen atoms in total. The molecule has 1 aromatic rings. The van der Waals surface area contributed by atoms with Crippen molar-refractivity contribution in [2.75, 3.05) is 7.11 Å². The number of hydrogen-bond donors (Lipinski definition) is 1. The number of phenols is 1. The third-order valence-corrected chi connectivity index (χ3v) is 2.77. The van der Waals surface area contributed by atoms with Crippen LogP contribution < -0.4 is 4.74 Å². The van der Waals surface area contributed by atoms with Crippen LogP contribution in [0.15, 0.2) is 36.4 Å². The van der Waals surface area contributed by atoms with E-state index in [1.165, 1.54) is 25.3 Å². The Hall–Kier alpha value is -2.03. The zero-order chi connectivity index (χ0) is 14.4. The molecule has 0 heterocycles. The molecule has 0 amide bonds. The van der Waals surface area contributed by atoms with Crippen molar-refractivity contribution in [3.8, 4) is 11.5 Å². The number of ketones is 1. The fourth-order valence-corrected chi connectivity index (χ4v) is 1.71. The summed E-state index contributed by atoms with van der Waals surface area (Å²) < 4.78 is 5.01. The largest absolute Gasteiger partial charge is 0.504 e. The SMILES string of the molecule is COc1cc(/C=C/C(=O)/C=C/[C]2[CH][CH][CH][CH]2)ccc1O. The van der Waals surface area contributed by atoms with Crippen molar-refractivity contribution in [1.82, 2.24) is 0 Å². The van der Waals surface area contributed by atoms with Crippen LogP contribution in [-0.2, 0) is 4.79 Å². The minimum atomic E-state index is -0.0989. The highest BCUT2D eigenvalue weighted by Crippen LogP contribution is 2.27. The molecule has 1 aromatic carbocycles. The minimum Gasteiger partial charge on any atom is -0.504 e. The molecule has 101 valence electrons. The number of aromatic hydroxyl groups is 1. The summed E-state index contributed by atoms with van der Waals surface area (Å²) in [6.45, 7) is 0. The number of hydrogen-bond acceptors (Lipinski definition) is 3. The van der Waals surface area contributed by atoms with Crippen LogP contribution in [-0.4, -0.2) is 18.0 Å². The van der Waals surface area contributed by atoms with Crippen molar-refractivity contribution >= 4 is 11.9 Å². The highest BCUT2D eigenvalue weighted by molar-refractivity contribution is 6.02. The van der Waals surface area contributed by atoms with E-state index in [9.17, 15) is 9.90 Å². The zero-order valence-electron chi connectivity index (χ0n) is 11.1. The molecule has 1 aliphatic carbocycles. The number of methoxy groups -OCH3 is 1. The summed E-state index contributed by atoms with van der Waals surface area (Å²) in [7, 11) is 1.48. The monoisotopic (exact) mass is 267 g/mol. The Morgan fingerprint density at radius 3 is 2.55 bits per heavy atom. The quantitative estimate of drug-likeness (QED) is 0.834. The molecule has 0 unspecified atom stereocenters. The highest BCUT2D eigenvalue weighted by Gasteiger charge is 2.13. The summed E-state index contributed by atoms with van der Waals surface area (Å²) >= 11 is 0. The number of rotatable bonds is 5. The standard InChI is InChI=1S/C17H15O3/c1-20-17-12-14(8-11-16(17)19)7-10-15(18)9-6-13-4-2-3-5-13/h2-12,19H,1H3/b9-6+,10-7+. The molecule has 0 aliphatic heterocycles. The van der Waals surface area contributed by atoms with Crippen LogP contribution in [0.2, 0.25) is 0 Å². The van der Waals surface area contributed by atoms with E-state index >= 15 is 0 Å². The maximum Gasteiger partial charge on any atom is 0.178 e. The molecule has 20 heavy (non-hydrogen) atoms. The first kappa shape index (κ1) is 14.4. The van der Waals surface area contributed by atoms with Gasteiger partial charge in [-0.15, -0.1) is 0 Å². The average Bonchev–Trinajstić information content (AvgIpc) is 2.97. The van der Waals surface area contributed by atoms with Crippen molar-refractivity contribution in [3.05, 3.63) is 73.6 Å². The Bertz CT molecular complexity index is 523. The van der Waals surface area contributed by atoms with Crippen LogP contribution in [0.4, 0.5) is 0 Å². The lowest BCUT2D eigenvalue weighted by atomic mass is 10.1. The third-order valence-electron chi connectivity index (χ3n) is 2.77. The van der Waals surface area contributed by atoms with Gasteiger partial charge in [-0.1, -0.05) is 18.2 Å². The van der Waals surface area contributed by atoms with E-state index < -0.39 is 0 Å². The second-order valence-corrected chi connectivity index (χ2v) is 4.22. The maximum atomic E-state index is 11.7. The van der Waals surface area contributed by atoms with Crippen molar-refractivity contribution in [3.63, 3.8) is 0 Å². The molecule has 3 heteroatoms. The Kier molecular flexibility index (Phi) is 4.99. The first-order valence-corrected chi connectivity index (χ1v) is 6.18. The molecular formula is C17H15O3. The van der Waals surface area contributed by atoms with Crippen molar-refractivity contribution in [2.45, 2.75) is 0 Å². The summed E-state index contributed by atoms with van der Waals surface area (Å²) in [6, 6.07) is 4.91. The lowest BCUT2D eigenvalue weighted by molar-refractivity contribution is -0.110. The normalized spacial score (nSPS) is 16.2. The molecule has 0 saturated heterocycles. The van der Waals surface area contributed by atoms with E-state index in [1.807, 2.05) is 25.7 Å². The third kappa shape index (κ3) is 3.98. The molecule has 1 saturated carbocycles. The molecule has 2 rings (SSSR count). The molecule has 0 spiro atoms. The van der Waals surface area contributed by atoms with Gasteiger partial charge in [0, 0.05) is 5.92 Å². The fourth-order valence-electron chi connectivity index (χ4n) is 1.71. The van der Waals surface area contributed by atoms with Crippen LogP contribution in [0.3, 0.4) is 0 Å². The molecule has 1 aliphatic rings. The van der Waals surface area contributed by atoms with Crippen LogP contribution in [0.25, 0.3) is 6.08 Å². The average molecular weight is 267 g/mol. The predicted octanol–water partition coefficient (Wildman–Crippen LogP) is 2.94. The first-order valence-electron chi connectivity index (χ1n) is 6.18. The summed E-state index contributed by atoms with van der Waals surface area (Å²) in [4.78, 5) is 11.7. The second kappa shape index (κ2) is 6.94. The van der Waals surface area contributed by atoms with E-state index in [0.29, 0.717) is 5.75 Å². The summed E-state index contributed by atoms with van der Waals surface area (Å²) in [5.41, 5.74) is 0.787. The zero-order valence-corrected chi connectivity index (χ0v) is 11.1. The molecule has 0 atom stereocenters. The smallest absolute Gasteiger partial charge is 0.178 e. The molecular weight excluding hydrogens is 252 g/mol. The van der Waals surface area contributed by atoms with E-state index in [1.54, 1.807) is 24.3 Å². The van der Waals surface area contributed by atoms with Crippen LogP contribution >= 0.6 is 0 Å². The van der Waals surface area contributed by atoms with Crippen molar-refractivity contribution in [2.24, 2.45) is 0 Å². The Morgan fingerprint density at radius 2 is 1.85 bits per heavy atom. The van der Waals surface area contributed by atoms with Gasteiger partial charge in [-0.3, -0.25) is 4.79 Å². The van der Waals surface area contributed by atoms with Crippen molar-refractivity contribution in [1.29, 1.82) is 0 Å². The first-order chi connectivity index (χ1) is 9.69. The minimum absolute atomic E-state index is 0.0760. The fraction of sp³-hybridized carbons (Fsp3) is 0.0588. The van der Waals surface area contributed by atoms with E-state index in [-0.39, 0.29) is 11.5 Å². The number of allylic oxidation sites excluding steroid dienone is 3. The second-order valence-electron chi connectivity index (χ2n) is 4.22. The maximum absolute atomic E-state index is 11.7. The van der Waals surface area contributed by atoms with Crippen LogP contribution in [0.1, 0.15) is 5.56 Å². The lowest BCUT2D eigenvalue weighted by Gasteiger charge is -2.03. The van der Waals surface area contributed by atoms with Crippen molar-refractivity contribution < 1.29 is 14.6 Å². The Labute approximate surface area is 119 Å². The van der Waals surface area contributed by atoms with Gasteiger partial charge >= 0.3 is 0 Å². The number of phenolic OH excluding ortho intramolecular Hbond substituents is 1. The Balaban J connectivity index is 1.96. The van der Waals surface area contributed by atoms with E-state index in [0.717, 1.165) is 11.5 Å². The van der Waals surface area contributed by atoms with Gasteiger partial charge < -0.3 is 9.84 Å². The van der Waals surface area contributed by atoms with Gasteiger partial charge in [-0.2, -0.15) is 0 Å². The number of carbonyl (C=O) groups excluding carboxylic acids is 1. The van der Waals surface area contributed by atoms with Gasteiger partial charge in [0.2, 0.25) is 0 Å². The Morgan fingerprint density at radius 1 is 1.15 bits per heavy atom. The van der Waals surface area contributed by atoms with Gasteiger partial charge in [0.25, 0.3) is 0 Å². The summed E-state index contributed by atoms with van der Waals surface area (Å²) in [5, 5.41) is 9.48. The molecule has 5 radical (unpaired) electrons. The number of ether oxygens (including phenoxy) is 1. The van der Waals surface area contributed by atoms with Gasteiger partial charge in [0.1, 0.15) is 0 Å². The van der Waals surface area contributed by atoms with Crippen LogP contribution in [0, 0.1) is 31.6 Å².